The summed E-state index contributed by atoms with van der Waals surface area (Å²) < 4.78 is 4.68. The molecular weight excluding hydrogens is 196 g/mol. The van der Waals surface area contributed by atoms with Gasteiger partial charge in [0.05, 0.1) is 12.7 Å². The minimum absolute atomic E-state index is 0.282. The molecule has 0 heterocycles. The molecule has 2 rings (SSSR count). The zero-order valence-electron chi connectivity index (χ0n) is 8.04. The van der Waals surface area contributed by atoms with Crippen molar-refractivity contribution in [3.8, 4) is 0 Å². The lowest BCUT2D eigenvalue weighted by Gasteiger charge is -2.06. The molecule has 2 nitrogen and oxygen atoms in total. The molecule has 0 aromatic heterocycles. The monoisotopic (exact) mass is 208 g/mol. The van der Waals surface area contributed by atoms with Crippen LogP contribution in [0.5, 0.6) is 0 Å². The fraction of sp³-hybridized carbons (Fsp3) is 0.364. The van der Waals surface area contributed by atoms with E-state index in [4.69, 9.17) is 0 Å². The normalized spacial score (nSPS) is 13.9. The summed E-state index contributed by atoms with van der Waals surface area (Å²) in [7, 11) is 1.40. The lowest BCUT2D eigenvalue weighted by atomic mass is 10.1. The van der Waals surface area contributed by atoms with E-state index in [2.05, 4.69) is 17.4 Å². The highest BCUT2D eigenvalue weighted by molar-refractivity contribution is 7.80. The predicted molar refractivity (Wildman–Crippen MR) is 57.1 cm³/mol. The van der Waals surface area contributed by atoms with Crippen molar-refractivity contribution >= 4 is 18.6 Å². The van der Waals surface area contributed by atoms with Crippen LogP contribution in [0.3, 0.4) is 0 Å². The second-order valence-electron chi connectivity index (χ2n) is 3.48. The SMILES string of the molecule is COC(=O)c1cc(S)c2c(c1)CCC2. The molecule has 0 atom stereocenters. The van der Waals surface area contributed by atoms with E-state index in [1.54, 1.807) is 6.07 Å². The molecule has 3 heteroatoms. The van der Waals surface area contributed by atoms with E-state index in [1.165, 1.54) is 18.2 Å². The van der Waals surface area contributed by atoms with Gasteiger partial charge in [0.1, 0.15) is 0 Å². The Morgan fingerprint density at radius 3 is 2.93 bits per heavy atom. The van der Waals surface area contributed by atoms with Crippen LogP contribution in [0, 0.1) is 0 Å². The van der Waals surface area contributed by atoms with E-state index in [-0.39, 0.29) is 5.97 Å². The number of methoxy groups -OCH3 is 1. The second kappa shape index (κ2) is 3.65. The molecule has 0 aliphatic heterocycles. The Morgan fingerprint density at radius 1 is 1.43 bits per heavy atom. The highest BCUT2D eigenvalue weighted by atomic mass is 32.1. The van der Waals surface area contributed by atoms with Gasteiger partial charge in [0.15, 0.2) is 0 Å². The Kier molecular flexibility index (Phi) is 2.50. The number of rotatable bonds is 1. The largest absolute Gasteiger partial charge is 0.465 e. The van der Waals surface area contributed by atoms with Crippen LogP contribution >= 0.6 is 12.6 Å². The first-order valence-corrected chi connectivity index (χ1v) is 5.10. The van der Waals surface area contributed by atoms with Gasteiger partial charge in [-0.15, -0.1) is 12.6 Å². The number of thiol groups is 1. The summed E-state index contributed by atoms with van der Waals surface area (Å²) in [6.07, 6.45) is 3.29. The topological polar surface area (TPSA) is 26.3 Å². The summed E-state index contributed by atoms with van der Waals surface area (Å²) in [5, 5.41) is 0. The first-order chi connectivity index (χ1) is 6.72. The summed E-state index contributed by atoms with van der Waals surface area (Å²) in [6, 6.07) is 3.72. The summed E-state index contributed by atoms with van der Waals surface area (Å²) in [5.74, 6) is -0.282. The predicted octanol–water partition coefficient (Wildman–Crippen LogP) is 2.25. The molecule has 1 aromatic rings. The van der Waals surface area contributed by atoms with Crippen molar-refractivity contribution in [2.45, 2.75) is 24.2 Å². The van der Waals surface area contributed by atoms with Gasteiger partial charge in [-0.2, -0.15) is 0 Å². The fourth-order valence-corrected chi connectivity index (χ4v) is 2.31. The van der Waals surface area contributed by atoms with Crippen LogP contribution in [0.4, 0.5) is 0 Å². The first kappa shape index (κ1) is 9.59. The third-order valence-corrected chi connectivity index (χ3v) is 3.01. The molecule has 0 bridgehead atoms. The van der Waals surface area contributed by atoms with Gasteiger partial charge in [-0.3, -0.25) is 0 Å². The lowest BCUT2D eigenvalue weighted by Crippen LogP contribution is -2.02. The average Bonchev–Trinajstić information content (AvgIpc) is 2.64. The van der Waals surface area contributed by atoms with Crippen molar-refractivity contribution < 1.29 is 9.53 Å². The zero-order valence-corrected chi connectivity index (χ0v) is 8.93. The maximum atomic E-state index is 11.3. The number of ether oxygens (including phenoxy) is 1. The minimum Gasteiger partial charge on any atom is -0.465 e. The number of esters is 1. The standard InChI is InChI=1S/C11H12O2S/c1-13-11(12)8-5-7-3-2-4-9(7)10(14)6-8/h5-6,14H,2-4H2,1H3. The molecule has 0 saturated carbocycles. The van der Waals surface area contributed by atoms with Crippen molar-refractivity contribution in [3.63, 3.8) is 0 Å². The molecule has 0 radical (unpaired) electrons. The maximum Gasteiger partial charge on any atom is 0.337 e. The van der Waals surface area contributed by atoms with E-state index in [0.717, 1.165) is 24.2 Å². The summed E-state index contributed by atoms with van der Waals surface area (Å²) >= 11 is 4.38. The second-order valence-corrected chi connectivity index (χ2v) is 3.96. The zero-order chi connectivity index (χ0) is 10.1. The Hall–Kier alpha value is -0.960. The number of carbonyl (C=O) groups excluding carboxylic acids is 1. The van der Waals surface area contributed by atoms with Crippen molar-refractivity contribution in [1.29, 1.82) is 0 Å². The van der Waals surface area contributed by atoms with E-state index in [9.17, 15) is 4.79 Å². The van der Waals surface area contributed by atoms with Crippen LogP contribution in [0.15, 0.2) is 17.0 Å². The van der Waals surface area contributed by atoms with Crippen LogP contribution in [0.25, 0.3) is 0 Å². The van der Waals surface area contributed by atoms with Crippen LogP contribution in [-0.4, -0.2) is 13.1 Å². The van der Waals surface area contributed by atoms with Crippen LogP contribution in [0.2, 0.25) is 0 Å². The van der Waals surface area contributed by atoms with Crippen molar-refractivity contribution in [2.24, 2.45) is 0 Å². The molecule has 0 fully saturated rings. The first-order valence-electron chi connectivity index (χ1n) is 4.65. The van der Waals surface area contributed by atoms with Gasteiger partial charge in [0.25, 0.3) is 0 Å². The molecule has 1 aromatic carbocycles. The lowest BCUT2D eigenvalue weighted by molar-refractivity contribution is 0.0600. The number of aryl methyl sites for hydroxylation is 1. The molecule has 0 spiro atoms. The van der Waals surface area contributed by atoms with E-state index < -0.39 is 0 Å². The van der Waals surface area contributed by atoms with Gasteiger partial charge in [0, 0.05) is 4.90 Å². The molecule has 0 unspecified atom stereocenters. The van der Waals surface area contributed by atoms with Crippen LogP contribution in [-0.2, 0) is 17.6 Å². The minimum atomic E-state index is -0.282. The molecule has 0 amide bonds. The summed E-state index contributed by atoms with van der Waals surface area (Å²) in [4.78, 5) is 12.2. The average molecular weight is 208 g/mol. The quantitative estimate of drug-likeness (QED) is 0.566. The molecule has 0 saturated heterocycles. The number of hydrogen-bond acceptors (Lipinski definition) is 3. The smallest absolute Gasteiger partial charge is 0.337 e. The summed E-state index contributed by atoms with van der Waals surface area (Å²) in [5.41, 5.74) is 3.15. The van der Waals surface area contributed by atoms with E-state index in [0.29, 0.717) is 5.56 Å². The molecule has 1 aliphatic carbocycles. The Balaban J connectivity index is 2.46. The van der Waals surface area contributed by atoms with Crippen LogP contribution in [0.1, 0.15) is 27.9 Å². The molecule has 14 heavy (non-hydrogen) atoms. The highest BCUT2D eigenvalue weighted by Gasteiger charge is 2.17. The number of benzene rings is 1. The van der Waals surface area contributed by atoms with E-state index in [1.807, 2.05) is 6.07 Å². The number of hydrogen-bond donors (Lipinski definition) is 1. The summed E-state index contributed by atoms with van der Waals surface area (Å²) in [6.45, 7) is 0. The highest BCUT2D eigenvalue weighted by Crippen LogP contribution is 2.29. The fourth-order valence-electron chi connectivity index (χ4n) is 1.92. The van der Waals surface area contributed by atoms with Crippen molar-refractivity contribution in [3.05, 3.63) is 28.8 Å². The van der Waals surface area contributed by atoms with E-state index >= 15 is 0 Å². The van der Waals surface area contributed by atoms with Gasteiger partial charge in [-0.05, 0) is 42.5 Å². The Labute approximate surface area is 88.7 Å². The van der Waals surface area contributed by atoms with Gasteiger partial charge in [0.2, 0.25) is 0 Å². The number of carbonyl (C=O) groups is 1. The van der Waals surface area contributed by atoms with Gasteiger partial charge in [-0.25, -0.2) is 4.79 Å². The third kappa shape index (κ3) is 1.52. The maximum absolute atomic E-state index is 11.3. The molecular formula is C11H12O2S. The number of fused-ring (bicyclic) bond motifs is 1. The molecule has 1 aliphatic rings. The van der Waals surface area contributed by atoms with Crippen molar-refractivity contribution in [1.82, 2.24) is 0 Å². The van der Waals surface area contributed by atoms with Gasteiger partial charge in [-0.1, -0.05) is 0 Å². The molecule has 0 N–H and O–H groups in total. The van der Waals surface area contributed by atoms with Gasteiger partial charge >= 0.3 is 5.97 Å². The third-order valence-electron chi connectivity index (χ3n) is 2.61. The van der Waals surface area contributed by atoms with Crippen LogP contribution < -0.4 is 0 Å². The Morgan fingerprint density at radius 2 is 2.21 bits per heavy atom. The van der Waals surface area contributed by atoms with Crippen molar-refractivity contribution in [2.75, 3.05) is 7.11 Å². The van der Waals surface area contributed by atoms with Gasteiger partial charge < -0.3 is 4.74 Å². The molecule has 74 valence electrons. The Bertz CT molecular complexity index is 385.